The Kier molecular flexibility index (Phi) is 5.33. The number of esters is 1. The normalized spacial score (nSPS) is 11.0. The fraction of sp³-hybridized carbons (Fsp3) is 0.250. The molecule has 23 heavy (non-hydrogen) atoms. The van der Waals surface area contributed by atoms with Crippen molar-refractivity contribution in [2.75, 3.05) is 6.26 Å². The van der Waals surface area contributed by atoms with Gasteiger partial charge >= 0.3 is 5.97 Å². The maximum Gasteiger partial charge on any atom is 0.303 e. The molecule has 0 saturated heterocycles. The Labute approximate surface area is 135 Å². The second kappa shape index (κ2) is 7.23. The van der Waals surface area contributed by atoms with Gasteiger partial charge in [0.15, 0.2) is 9.84 Å². The molecule has 0 radical (unpaired) electrons. The van der Waals surface area contributed by atoms with Gasteiger partial charge in [0.25, 0.3) is 0 Å². The van der Waals surface area contributed by atoms with Gasteiger partial charge in [-0.15, -0.1) is 0 Å². The number of sulfone groups is 1. The molecule has 2 rings (SSSR count). The molecule has 0 atom stereocenters. The Morgan fingerprint density at radius 2 is 1.78 bits per heavy atom. The number of carbonyl (C=O) groups is 1. The molecular formula is C16H17NO5S. The third-order valence-electron chi connectivity index (χ3n) is 2.98. The minimum atomic E-state index is -3.19. The molecule has 0 bridgehead atoms. The Balaban J connectivity index is 1.92. The van der Waals surface area contributed by atoms with E-state index in [2.05, 4.69) is 4.98 Å². The Morgan fingerprint density at radius 1 is 1.09 bits per heavy atom. The summed E-state index contributed by atoms with van der Waals surface area (Å²) in [6.07, 6.45) is 2.71. The molecule has 7 heteroatoms. The summed E-state index contributed by atoms with van der Waals surface area (Å²) >= 11 is 0. The van der Waals surface area contributed by atoms with Crippen molar-refractivity contribution < 1.29 is 22.7 Å². The van der Waals surface area contributed by atoms with E-state index in [1.54, 1.807) is 42.6 Å². The molecule has 0 fully saturated rings. The van der Waals surface area contributed by atoms with Crippen molar-refractivity contribution >= 4 is 15.8 Å². The highest BCUT2D eigenvalue weighted by molar-refractivity contribution is 7.90. The summed E-state index contributed by atoms with van der Waals surface area (Å²) in [6.45, 7) is 1.77. The van der Waals surface area contributed by atoms with Crippen molar-refractivity contribution in [3.8, 4) is 5.75 Å². The van der Waals surface area contributed by atoms with Crippen molar-refractivity contribution in [3.63, 3.8) is 0 Å². The van der Waals surface area contributed by atoms with Gasteiger partial charge in [-0.3, -0.25) is 9.78 Å². The lowest BCUT2D eigenvalue weighted by atomic mass is 10.2. The summed E-state index contributed by atoms with van der Waals surface area (Å²) in [5, 5.41) is 0. The van der Waals surface area contributed by atoms with Gasteiger partial charge in [-0.05, 0) is 29.8 Å². The molecule has 1 aromatic carbocycles. The number of hydrogen-bond donors (Lipinski definition) is 0. The Hall–Kier alpha value is -2.41. The molecule has 6 nitrogen and oxygen atoms in total. The van der Waals surface area contributed by atoms with Crippen LogP contribution in [0.25, 0.3) is 0 Å². The van der Waals surface area contributed by atoms with Crippen molar-refractivity contribution in [1.82, 2.24) is 4.98 Å². The van der Waals surface area contributed by atoms with Crippen LogP contribution < -0.4 is 4.74 Å². The van der Waals surface area contributed by atoms with E-state index < -0.39 is 9.84 Å². The number of aromatic nitrogens is 1. The smallest absolute Gasteiger partial charge is 0.303 e. The fourth-order valence-corrected chi connectivity index (χ4v) is 2.39. The summed E-state index contributed by atoms with van der Waals surface area (Å²) in [4.78, 5) is 15.1. The monoisotopic (exact) mass is 335 g/mol. The molecular weight excluding hydrogens is 318 g/mol. The summed E-state index contributed by atoms with van der Waals surface area (Å²) in [5.74, 6) is 0.216. The lowest BCUT2D eigenvalue weighted by Crippen LogP contribution is -2.01. The minimum Gasteiger partial charge on any atom is -0.487 e. The lowest BCUT2D eigenvalue weighted by molar-refractivity contribution is -0.142. The summed E-state index contributed by atoms with van der Waals surface area (Å²) in [6, 6.07) is 9.96. The molecule has 0 spiro atoms. The zero-order chi connectivity index (χ0) is 16.9. The van der Waals surface area contributed by atoms with Crippen LogP contribution in [0.3, 0.4) is 0 Å². The van der Waals surface area contributed by atoms with Gasteiger partial charge in [-0.25, -0.2) is 8.42 Å². The van der Waals surface area contributed by atoms with E-state index in [1.807, 2.05) is 0 Å². The van der Waals surface area contributed by atoms with Crippen LogP contribution in [0.2, 0.25) is 0 Å². The van der Waals surface area contributed by atoms with Crippen LogP contribution in [-0.4, -0.2) is 25.6 Å². The maximum absolute atomic E-state index is 11.4. The summed E-state index contributed by atoms with van der Waals surface area (Å²) in [5.41, 5.74) is 1.48. The zero-order valence-corrected chi connectivity index (χ0v) is 13.7. The van der Waals surface area contributed by atoms with Gasteiger partial charge in [-0.1, -0.05) is 12.1 Å². The molecule has 0 aliphatic heterocycles. The number of hydrogen-bond acceptors (Lipinski definition) is 6. The number of ether oxygens (including phenoxy) is 2. The third-order valence-corrected chi connectivity index (χ3v) is 4.11. The van der Waals surface area contributed by atoms with Crippen LogP contribution in [0.1, 0.15) is 18.2 Å². The fourth-order valence-electron chi connectivity index (χ4n) is 1.76. The first-order chi connectivity index (χ1) is 10.8. The second-order valence-corrected chi connectivity index (χ2v) is 6.99. The maximum atomic E-state index is 11.4. The average Bonchev–Trinajstić information content (AvgIpc) is 2.51. The molecule has 0 amide bonds. The largest absolute Gasteiger partial charge is 0.487 e. The van der Waals surface area contributed by atoms with Crippen LogP contribution in [-0.2, 0) is 32.6 Å². The average molecular weight is 335 g/mol. The van der Waals surface area contributed by atoms with Crippen LogP contribution in [0.5, 0.6) is 5.75 Å². The zero-order valence-electron chi connectivity index (χ0n) is 12.9. The second-order valence-electron chi connectivity index (χ2n) is 4.97. The van der Waals surface area contributed by atoms with Crippen molar-refractivity contribution in [2.45, 2.75) is 25.0 Å². The number of benzene rings is 1. The van der Waals surface area contributed by atoms with Crippen LogP contribution in [0, 0.1) is 0 Å². The topological polar surface area (TPSA) is 82.6 Å². The molecule has 122 valence electrons. The van der Waals surface area contributed by atoms with Crippen molar-refractivity contribution in [1.29, 1.82) is 0 Å². The van der Waals surface area contributed by atoms with E-state index in [-0.39, 0.29) is 17.5 Å². The third kappa shape index (κ3) is 5.37. The predicted molar refractivity (Wildman–Crippen MR) is 83.6 cm³/mol. The number of rotatable bonds is 6. The van der Waals surface area contributed by atoms with E-state index >= 15 is 0 Å². The summed E-state index contributed by atoms with van der Waals surface area (Å²) in [7, 11) is -3.19. The first kappa shape index (κ1) is 17.0. The Morgan fingerprint density at radius 3 is 2.30 bits per heavy atom. The van der Waals surface area contributed by atoms with Gasteiger partial charge in [0.05, 0.1) is 16.8 Å². The van der Waals surface area contributed by atoms with E-state index in [0.29, 0.717) is 18.1 Å². The highest BCUT2D eigenvalue weighted by Gasteiger charge is 2.06. The van der Waals surface area contributed by atoms with Crippen LogP contribution in [0.4, 0.5) is 0 Å². The molecule has 0 saturated carbocycles. The van der Waals surface area contributed by atoms with Gasteiger partial charge < -0.3 is 9.47 Å². The van der Waals surface area contributed by atoms with E-state index in [1.165, 1.54) is 13.2 Å². The van der Waals surface area contributed by atoms with Crippen LogP contribution >= 0.6 is 0 Å². The standard InChI is InChI=1S/C16H17NO5S/c1-12(18)21-11-14-5-6-15(9-17-14)22-10-13-3-7-16(8-4-13)23(2,19)20/h3-9H,10-11H2,1-2H3. The lowest BCUT2D eigenvalue weighted by Gasteiger charge is -2.07. The number of nitrogens with zero attached hydrogens (tertiary/aromatic N) is 1. The van der Waals surface area contributed by atoms with Gasteiger partial charge in [0.1, 0.15) is 19.0 Å². The van der Waals surface area contributed by atoms with E-state index in [0.717, 1.165) is 5.56 Å². The molecule has 0 N–H and O–H groups in total. The number of carbonyl (C=O) groups excluding carboxylic acids is 1. The molecule has 0 aliphatic rings. The Bertz CT molecular complexity index is 767. The molecule has 1 heterocycles. The SMILES string of the molecule is CC(=O)OCc1ccc(OCc2ccc(S(C)(=O)=O)cc2)cn1. The minimum absolute atomic E-state index is 0.128. The first-order valence-electron chi connectivity index (χ1n) is 6.85. The molecule has 0 aliphatic carbocycles. The van der Waals surface area contributed by atoms with Crippen LogP contribution in [0.15, 0.2) is 47.5 Å². The highest BCUT2D eigenvalue weighted by Crippen LogP contribution is 2.14. The quantitative estimate of drug-likeness (QED) is 0.752. The summed E-state index contributed by atoms with van der Waals surface area (Å²) < 4.78 is 33.2. The van der Waals surface area contributed by atoms with E-state index in [9.17, 15) is 13.2 Å². The molecule has 0 unspecified atom stereocenters. The van der Waals surface area contributed by atoms with Gasteiger partial charge in [-0.2, -0.15) is 0 Å². The van der Waals surface area contributed by atoms with Crippen molar-refractivity contribution in [2.24, 2.45) is 0 Å². The van der Waals surface area contributed by atoms with Gasteiger partial charge in [0, 0.05) is 13.2 Å². The van der Waals surface area contributed by atoms with Crippen molar-refractivity contribution in [3.05, 3.63) is 53.9 Å². The predicted octanol–water partition coefficient (Wildman–Crippen LogP) is 2.13. The first-order valence-corrected chi connectivity index (χ1v) is 8.74. The van der Waals surface area contributed by atoms with Gasteiger partial charge in [0.2, 0.25) is 0 Å². The molecule has 2 aromatic rings. The number of pyridine rings is 1. The highest BCUT2D eigenvalue weighted by atomic mass is 32.2. The molecule has 1 aromatic heterocycles. The van der Waals surface area contributed by atoms with E-state index in [4.69, 9.17) is 9.47 Å².